The number of hydrogen-bond acceptors (Lipinski definition) is 3. The second kappa shape index (κ2) is 20.7. The molecule has 0 radical (unpaired) electrons. The molecule has 0 aromatic carbocycles. The number of hydrogen-bond donors (Lipinski definition) is 2. The Morgan fingerprint density at radius 3 is 2.00 bits per heavy atom. The van der Waals surface area contributed by atoms with E-state index in [4.69, 9.17) is 11.6 Å². The summed E-state index contributed by atoms with van der Waals surface area (Å²) < 4.78 is 0. The summed E-state index contributed by atoms with van der Waals surface area (Å²) in [7, 11) is 0. The third-order valence-electron chi connectivity index (χ3n) is 4.67. The average molecular weight is 484 g/mol. The van der Waals surface area contributed by atoms with Crippen molar-refractivity contribution in [3.8, 4) is 0 Å². The summed E-state index contributed by atoms with van der Waals surface area (Å²) in [6.45, 7) is 2.86. The van der Waals surface area contributed by atoms with E-state index in [2.05, 4.69) is 83.3 Å². The van der Waals surface area contributed by atoms with Crippen LogP contribution in [0.5, 0.6) is 0 Å². The van der Waals surface area contributed by atoms with Gasteiger partial charge in [-0.3, -0.25) is 9.59 Å². The van der Waals surface area contributed by atoms with Crippen LogP contribution in [0.1, 0.15) is 68.6 Å². The van der Waals surface area contributed by atoms with Crippen molar-refractivity contribution in [3.05, 3.63) is 89.8 Å². The van der Waals surface area contributed by atoms with Crippen molar-refractivity contribution in [2.24, 2.45) is 0 Å². The van der Waals surface area contributed by atoms with Crippen LogP contribution in [-0.4, -0.2) is 29.9 Å². The zero-order valence-corrected chi connectivity index (χ0v) is 21.0. The highest BCUT2D eigenvalue weighted by Crippen LogP contribution is 2.10. The second-order valence-electron chi connectivity index (χ2n) is 7.55. The van der Waals surface area contributed by atoms with Crippen LogP contribution < -0.4 is 10.6 Å². The summed E-state index contributed by atoms with van der Waals surface area (Å²) in [6.07, 6.45) is 30.3. The van der Waals surface area contributed by atoms with Gasteiger partial charge < -0.3 is 10.6 Å². The molecule has 34 heavy (non-hydrogen) atoms. The molecule has 0 aliphatic rings. The van der Waals surface area contributed by atoms with Gasteiger partial charge in [0.05, 0.1) is 5.56 Å². The van der Waals surface area contributed by atoms with Crippen LogP contribution in [0, 0.1) is 0 Å². The molecule has 6 heteroatoms. The number of carbonyl (C=O) groups is 2. The van der Waals surface area contributed by atoms with Crippen LogP contribution >= 0.6 is 11.6 Å². The van der Waals surface area contributed by atoms with Gasteiger partial charge in [0.15, 0.2) is 0 Å². The highest BCUT2D eigenvalue weighted by Gasteiger charge is 2.09. The van der Waals surface area contributed by atoms with E-state index in [9.17, 15) is 9.59 Å². The Labute approximate surface area is 209 Å². The number of carbonyl (C=O) groups excluding carboxylic acids is 2. The van der Waals surface area contributed by atoms with E-state index < -0.39 is 0 Å². The molecule has 1 heterocycles. The van der Waals surface area contributed by atoms with E-state index in [0.29, 0.717) is 25.1 Å². The average Bonchev–Trinajstić information content (AvgIpc) is 2.84. The maximum absolute atomic E-state index is 12.0. The topological polar surface area (TPSA) is 71.1 Å². The number of allylic oxidation sites excluding steroid dienone is 10. The number of aromatic nitrogens is 1. The van der Waals surface area contributed by atoms with Gasteiger partial charge in [-0.25, -0.2) is 4.98 Å². The predicted octanol–water partition coefficient (Wildman–Crippen LogP) is 6.50. The fourth-order valence-corrected chi connectivity index (χ4v) is 3.07. The monoisotopic (exact) mass is 483 g/mol. The largest absolute Gasteiger partial charge is 0.354 e. The number of amides is 2. The molecule has 1 rings (SSSR count). The maximum atomic E-state index is 12.0. The minimum atomic E-state index is -0.300. The lowest BCUT2D eigenvalue weighted by atomic mass is 10.2. The third kappa shape index (κ3) is 15.8. The quantitative estimate of drug-likeness (QED) is 0.151. The zero-order chi connectivity index (χ0) is 24.7. The molecular formula is C28H38ClN3O2. The molecule has 2 N–H and O–H groups in total. The SMILES string of the molecule is CCC=CCC=CCC=CCC=CCC=CCCCC(=O)NCCNC(=O)c1cccnc1Cl. The Bertz CT molecular complexity index is 857. The molecule has 0 atom stereocenters. The molecule has 0 aliphatic carbocycles. The predicted molar refractivity (Wildman–Crippen MR) is 143 cm³/mol. The number of nitrogens with one attached hydrogen (secondary N) is 2. The van der Waals surface area contributed by atoms with Crippen molar-refractivity contribution >= 4 is 23.4 Å². The van der Waals surface area contributed by atoms with Crippen molar-refractivity contribution in [3.63, 3.8) is 0 Å². The van der Waals surface area contributed by atoms with E-state index in [0.717, 1.165) is 44.9 Å². The number of pyridine rings is 1. The van der Waals surface area contributed by atoms with Crippen molar-refractivity contribution in [1.29, 1.82) is 0 Å². The molecule has 0 fully saturated rings. The lowest BCUT2D eigenvalue weighted by Crippen LogP contribution is -2.34. The van der Waals surface area contributed by atoms with Crippen molar-refractivity contribution in [2.45, 2.75) is 58.3 Å². The first-order chi connectivity index (χ1) is 16.6. The molecule has 0 bridgehead atoms. The minimum absolute atomic E-state index is 0.0130. The summed E-state index contributed by atoms with van der Waals surface area (Å²) in [5, 5.41) is 5.69. The van der Waals surface area contributed by atoms with Gasteiger partial charge in [-0.2, -0.15) is 0 Å². The second-order valence-corrected chi connectivity index (χ2v) is 7.91. The maximum Gasteiger partial charge on any atom is 0.254 e. The first-order valence-corrected chi connectivity index (χ1v) is 12.4. The molecule has 0 saturated heterocycles. The van der Waals surface area contributed by atoms with E-state index in [-0.39, 0.29) is 17.0 Å². The van der Waals surface area contributed by atoms with Crippen LogP contribution in [0.25, 0.3) is 0 Å². The molecule has 0 spiro atoms. The molecule has 0 saturated carbocycles. The van der Waals surface area contributed by atoms with Gasteiger partial charge in [-0.15, -0.1) is 0 Å². The van der Waals surface area contributed by atoms with Gasteiger partial charge in [-0.05, 0) is 57.1 Å². The number of halogens is 1. The fourth-order valence-electron chi connectivity index (χ4n) is 2.87. The fraction of sp³-hybridized carbons (Fsp3) is 0.393. The van der Waals surface area contributed by atoms with Crippen molar-refractivity contribution in [2.75, 3.05) is 13.1 Å². The Balaban J connectivity index is 1.98. The van der Waals surface area contributed by atoms with Crippen LogP contribution in [0.15, 0.2) is 79.1 Å². The van der Waals surface area contributed by atoms with E-state index in [1.165, 1.54) is 6.20 Å². The molecule has 1 aromatic heterocycles. The van der Waals surface area contributed by atoms with Crippen LogP contribution in [0.3, 0.4) is 0 Å². The summed E-state index contributed by atoms with van der Waals surface area (Å²) in [5.41, 5.74) is 0.326. The number of nitrogens with zero attached hydrogens (tertiary/aromatic N) is 1. The van der Waals surface area contributed by atoms with Gasteiger partial charge in [-0.1, -0.05) is 79.3 Å². The van der Waals surface area contributed by atoms with Gasteiger partial charge in [0.1, 0.15) is 5.15 Å². The summed E-state index contributed by atoms with van der Waals surface area (Å²) in [4.78, 5) is 27.7. The molecule has 5 nitrogen and oxygen atoms in total. The third-order valence-corrected chi connectivity index (χ3v) is 4.97. The Hall–Kier alpha value is -2.92. The number of unbranched alkanes of at least 4 members (excludes halogenated alkanes) is 1. The van der Waals surface area contributed by atoms with E-state index in [1.54, 1.807) is 12.1 Å². The van der Waals surface area contributed by atoms with Crippen LogP contribution in [0.2, 0.25) is 5.15 Å². The summed E-state index contributed by atoms with van der Waals surface area (Å²) >= 11 is 5.89. The minimum Gasteiger partial charge on any atom is -0.354 e. The van der Waals surface area contributed by atoms with Crippen molar-refractivity contribution in [1.82, 2.24) is 15.6 Å². The van der Waals surface area contributed by atoms with Crippen LogP contribution in [0.4, 0.5) is 0 Å². The van der Waals surface area contributed by atoms with Crippen molar-refractivity contribution < 1.29 is 9.59 Å². The van der Waals surface area contributed by atoms with Crippen LogP contribution in [-0.2, 0) is 4.79 Å². The Kier molecular flexibility index (Phi) is 17.7. The van der Waals surface area contributed by atoms with Gasteiger partial charge in [0, 0.05) is 25.7 Å². The lowest BCUT2D eigenvalue weighted by Gasteiger charge is -2.07. The smallest absolute Gasteiger partial charge is 0.254 e. The summed E-state index contributed by atoms with van der Waals surface area (Å²) in [5.74, 6) is -0.313. The Morgan fingerprint density at radius 1 is 0.853 bits per heavy atom. The van der Waals surface area contributed by atoms with Gasteiger partial charge >= 0.3 is 0 Å². The molecular weight excluding hydrogens is 446 g/mol. The molecule has 184 valence electrons. The standard InChI is InChI=1S/C28H38ClN3O2/c1-2-3-4-5-6-7-8-9-10-11-12-13-14-15-16-17-18-21-26(33)30-23-24-32-28(34)25-20-19-22-31-27(25)29/h3-4,6-7,9-10,12-13,15-16,19-20,22H,2,5,8,11,14,17-18,21,23-24H2,1H3,(H,30,33)(H,32,34). The van der Waals surface area contributed by atoms with E-state index in [1.807, 2.05) is 0 Å². The normalized spacial score (nSPS) is 12.1. The van der Waals surface area contributed by atoms with E-state index >= 15 is 0 Å². The number of rotatable bonds is 17. The lowest BCUT2D eigenvalue weighted by molar-refractivity contribution is -0.121. The highest BCUT2D eigenvalue weighted by molar-refractivity contribution is 6.32. The first-order valence-electron chi connectivity index (χ1n) is 12.1. The molecule has 2 amide bonds. The van der Waals surface area contributed by atoms with Gasteiger partial charge in [0.2, 0.25) is 5.91 Å². The zero-order valence-electron chi connectivity index (χ0n) is 20.2. The Morgan fingerprint density at radius 2 is 1.41 bits per heavy atom. The molecule has 1 aromatic rings. The molecule has 0 unspecified atom stereocenters. The van der Waals surface area contributed by atoms with Gasteiger partial charge in [0.25, 0.3) is 5.91 Å². The highest BCUT2D eigenvalue weighted by atomic mass is 35.5. The first kappa shape index (κ1) is 29.1. The summed E-state index contributed by atoms with van der Waals surface area (Å²) in [6, 6.07) is 3.26. The molecule has 0 aliphatic heterocycles.